The molecule has 1 fully saturated rings. The van der Waals surface area contributed by atoms with Crippen molar-refractivity contribution >= 4 is 11.9 Å². The zero-order valence-corrected chi connectivity index (χ0v) is 12.3. The van der Waals surface area contributed by atoms with Crippen LogP contribution in [-0.2, 0) is 4.79 Å². The van der Waals surface area contributed by atoms with Gasteiger partial charge >= 0.3 is 5.97 Å². The molecule has 3 rings (SSSR count). The first-order valence-electron chi connectivity index (χ1n) is 7.19. The average Bonchev–Trinajstić information content (AvgIpc) is 3.17. The number of carboxylic acid groups (broad SMARTS) is 1. The fourth-order valence-corrected chi connectivity index (χ4v) is 2.71. The summed E-state index contributed by atoms with van der Waals surface area (Å²) in [7, 11) is 0. The second-order valence-corrected chi connectivity index (χ2v) is 5.54. The van der Waals surface area contributed by atoms with Crippen molar-refractivity contribution < 1.29 is 14.7 Å². The van der Waals surface area contributed by atoms with Gasteiger partial charge in [0.25, 0.3) is 5.91 Å². The third kappa shape index (κ3) is 2.59. The third-order valence-electron chi connectivity index (χ3n) is 4.02. The molecule has 1 aromatic carbocycles. The fraction of sp³-hybridized carbons (Fsp3) is 0.312. The molecule has 2 heterocycles. The van der Waals surface area contributed by atoms with Crippen LogP contribution in [-0.4, -0.2) is 44.8 Å². The number of likely N-dealkylation sites (tertiary alicyclic amines) is 1. The summed E-state index contributed by atoms with van der Waals surface area (Å²) in [6.45, 7) is 2.73. The SMILES string of the molecule is Cc1ccccc1-n1cc(C(=O)N2CCC(C(=O)O)C2)cn1. The molecule has 0 aliphatic carbocycles. The Bertz CT molecular complexity index is 723. The van der Waals surface area contributed by atoms with E-state index in [1.165, 1.54) is 6.20 Å². The van der Waals surface area contributed by atoms with E-state index in [0.717, 1.165) is 11.3 Å². The first-order chi connectivity index (χ1) is 10.6. The van der Waals surface area contributed by atoms with Gasteiger partial charge in [-0.25, -0.2) is 4.68 Å². The Hall–Kier alpha value is -2.63. The molecule has 0 radical (unpaired) electrons. The van der Waals surface area contributed by atoms with Crippen LogP contribution < -0.4 is 0 Å². The number of carboxylic acids is 1. The van der Waals surface area contributed by atoms with Crippen molar-refractivity contribution in [2.45, 2.75) is 13.3 Å². The quantitative estimate of drug-likeness (QED) is 0.936. The summed E-state index contributed by atoms with van der Waals surface area (Å²) in [5.74, 6) is -1.47. The van der Waals surface area contributed by atoms with Crippen LogP contribution in [0.15, 0.2) is 36.7 Å². The van der Waals surface area contributed by atoms with Crippen molar-refractivity contribution in [1.29, 1.82) is 0 Å². The first-order valence-corrected chi connectivity index (χ1v) is 7.19. The van der Waals surface area contributed by atoms with Gasteiger partial charge in [0, 0.05) is 19.3 Å². The summed E-state index contributed by atoms with van der Waals surface area (Å²) in [5.41, 5.74) is 2.47. The molecule has 1 unspecified atom stereocenters. The Labute approximate surface area is 128 Å². The number of hydrogen-bond acceptors (Lipinski definition) is 3. The normalized spacial score (nSPS) is 17.7. The van der Waals surface area contributed by atoms with Gasteiger partial charge in [-0.05, 0) is 25.0 Å². The van der Waals surface area contributed by atoms with Gasteiger partial charge in [-0.15, -0.1) is 0 Å². The van der Waals surface area contributed by atoms with Crippen LogP contribution in [0.5, 0.6) is 0 Å². The predicted octanol–water partition coefficient (Wildman–Crippen LogP) is 1.73. The van der Waals surface area contributed by atoms with Gasteiger partial charge in [0.05, 0.1) is 23.4 Å². The van der Waals surface area contributed by atoms with Crippen LogP contribution in [0.1, 0.15) is 22.3 Å². The van der Waals surface area contributed by atoms with Crippen molar-refractivity contribution in [2.24, 2.45) is 5.92 Å². The molecule has 1 aliphatic heterocycles. The number of carbonyl (C=O) groups excluding carboxylic acids is 1. The van der Waals surface area contributed by atoms with E-state index in [9.17, 15) is 9.59 Å². The monoisotopic (exact) mass is 299 g/mol. The lowest BCUT2D eigenvalue weighted by Gasteiger charge is -2.14. The van der Waals surface area contributed by atoms with Gasteiger partial charge in [-0.3, -0.25) is 9.59 Å². The maximum atomic E-state index is 12.4. The Morgan fingerprint density at radius 3 is 2.77 bits per heavy atom. The molecule has 114 valence electrons. The number of aliphatic carboxylic acids is 1. The number of aryl methyl sites for hydroxylation is 1. The van der Waals surface area contributed by atoms with Gasteiger partial charge in [-0.1, -0.05) is 18.2 Å². The van der Waals surface area contributed by atoms with Crippen molar-refractivity contribution in [3.63, 3.8) is 0 Å². The lowest BCUT2D eigenvalue weighted by molar-refractivity contribution is -0.141. The summed E-state index contributed by atoms with van der Waals surface area (Å²) in [6, 6.07) is 7.79. The number of amides is 1. The maximum Gasteiger partial charge on any atom is 0.308 e. The smallest absolute Gasteiger partial charge is 0.308 e. The van der Waals surface area contributed by atoms with E-state index in [4.69, 9.17) is 5.11 Å². The van der Waals surface area contributed by atoms with Crippen molar-refractivity contribution in [3.8, 4) is 5.69 Å². The molecule has 2 aromatic rings. The summed E-state index contributed by atoms with van der Waals surface area (Å²) >= 11 is 0. The van der Waals surface area contributed by atoms with Gasteiger partial charge in [-0.2, -0.15) is 5.10 Å². The number of rotatable bonds is 3. The highest BCUT2D eigenvalue weighted by Crippen LogP contribution is 2.20. The second kappa shape index (κ2) is 5.63. The van der Waals surface area contributed by atoms with Crippen molar-refractivity contribution in [1.82, 2.24) is 14.7 Å². The minimum Gasteiger partial charge on any atom is -0.481 e. The fourth-order valence-electron chi connectivity index (χ4n) is 2.71. The average molecular weight is 299 g/mol. The molecule has 1 amide bonds. The van der Waals surface area contributed by atoms with Gasteiger partial charge < -0.3 is 10.0 Å². The van der Waals surface area contributed by atoms with Crippen LogP contribution in [0.4, 0.5) is 0 Å². The lowest BCUT2D eigenvalue weighted by Crippen LogP contribution is -2.29. The summed E-state index contributed by atoms with van der Waals surface area (Å²) in [6.07, 6.45) is 3.73. The van der Waals surface area contributed by atoms with E-state index in [0.29, 0.717) is 18.5 Å². The Kier molecular flexibility index (Phi) is 3.66. The number of nitrogens with zero attached hydrogens (tertiary/aromatic N) is 3. The van der Waals surface area contributed by atoms with E-state index in [-0.39, 0.29) is 12.5 Å². The largest absolute Gasteiger partial charge is 0.481 e. The number of para-hydroxylation sites is 1. The first kappa shape index (κ1) is 14.3. The van der Waals surface area contributed by atoms with Crippen molar-refractivity contribution in [2.75, 3.05) is 13.1 Å². The highest BCUT2D eigenvalue weighted by atomic mass is 16.4. The number of aromatic nitrogens is 2. The molecule has 0 bridgehead atoms. The molecule has 1 saturated heterocycles. The predicted molar refractivity (Wildman–Crippen MR) is 79.9 cm³/mol. The highest BCUT2D eigenvalue weighted by Gasteiger charge is 2.31. The van der Waals surface area contributed by atoms with Crippen molar-refractivity contribution in [3.05, 3.63) is 47.8 Å². The molecule has 6 nitrogen and oxygen atoms in total. The van der Waals surface area contributed by atoms with E-state index in [1.807, 2.05) is 31.2 Å². The molecule has 22 heavy (non-hydrogen) atoms. The Balaban J connectivity index is 1.78. The molecule has 1 aromatic heterocycles. The molecule has 1 atom stereocenters. The Morgan fingerprint density at radius 1 is 1.32 bits per heavy atom. The highest BCUT2D eigenvalue weighted by molar-refractivity contribution is 5.94. The maximum absolute atomic E-state index is 12.4. The van der Waals surface area contributed by atoms with E-state index < -0.39 is 11.9 Å². The van der Waals surface area contributed by atoms with Gasteiger partial charge in [0.2, 0.25) is 0 Å². The third-order valence-corrected chi connectivity index (χ3v) is 4.02. The van der Waals surface area contributed by atoms with Crippen LogP contribution in [0, 0.1) is 12.8 Å². The zero-order chi connectivity index (χ0) is 15.7. The molecule has 6 heteroatoms. The Morgan fingerprint density at radius 2 is 2.09 bits per heavy atom. The van der Waals surface area contributed by atoms with Crippen LogP contribution in [0.25, 0.3) is 5.69 Å². The van der Waals surface area contributed by atoms with E-state index in [2.05, 4.69) is 5.10 Å². The van der Waals surface area contributed by atoms with Crippen LogP contribution in [0.3, 0.4) is 0 Å². The number of benzene rings is 1. The van der Waals surface area contributed by atoms with Crippen LogP contribution in [0.2, 0.25) is 0 Å². The minimum absolute atomic E-state index is 0.163. The van der Waals surface area contributed by atoms with E-state index >= 15 is 0 Å². The lowest BCUT2D eigenvalue weighted by atomic mass is 10.1. The number of carbonyl (C=O) groups is 2. The summed E-state index contributed by atoms with van der Waals surface area (Å²) in [4.78, 5) is 25.0. The molecular formula is C16H17N3O3. The second-order valence-electron chi connectivity index (χ2n) is 5.54. The van der Waals surface area contributed by atoms with Gasteiger partial charge in [0.15, 0.2) is 0 Å². The minimum atomic E-state index is -0.842. The van der Waals surface area contributed by atoms with Gasteiger partial charge in [0.1, 0.15) is 0 Å². The summed E-state index contributed by atoms with van der Waals surface area (Å²) < 4.78 is 1.67. The molecule has 1 N–H and O–H groups in total. The molecular weight excluding hydrogens is 282 g/mol. The van der Waals surface area contributed by atoms with E-state index in [1.54, 1.807) is 15.8 Å². The molecule has 1 aliphatic rings. The van der Waals surface area contributed by atoms with Crippen LogP contribution >= 0.6 is 0 Å². The molecule has 0 saturated carbocycles. The topological polar surface area (TPSA) is 75.4 Å². The summed E-state index contributed by atoms with van der Waals surface area (Å²) in [5, 5.41) is 13.3. The zero-order valence-electron chi connectivity index (χ0n) is 12.3. The number of hydrogen-bond donors (Lipinski definition) is 1. The molecule has 0 spiro atoms. The standard InChI is InChI=1S/C16H17N3O3/c1-11-4-2-3-5-14(11)19-10-13(8-17-19)15(20)18-7-6-12(9-18)16(21)22/h2-5,8,10,12H,6-7,9H2,1H3,(H,21,22).